The number of nitrogens with one attached hydrogen (secondary N) is 1. The molecule has 1 aromatic carbocycles. The highest BCUT2D eigenvalue weighted by Crippen LogP contribution is 2.31. The Hall–Kier alpha value is -1.64. The van der Waals surface area contributed by atoms with Crippen LogP contribution < -0.4 is 15.8 Å². The van der Waals surface area contributed by atoms with Crippen LogP contribution in [0.5, 0.6) is 5.75 Å². The van der Waals surface area contributed by atoms with Crippen molar-refractivity contribution in [3.8, 4) is 5.75 Å². The number of rotatable bonds is 7. The average molecular weight is 355 g/mol. The van der Waals surface area contributed by atoms with E-state index in [4.69, 9.17) is 10.5 Å². The van der Waals surface area contributed by atoms with Crippen LogP contribution in [0.2, 0.25) is 0 Å². The number of ether oxygens (including phenoxy) is 1. The molecule has 1 heterocycles. The van der Waals surface area contributed by atoms with Crippen LogP contribution in [0.15, 0.2) is 23.1 Å². The molecule has 134 valence electrons. The number of methoxy groups -OCH3 is 1. The normalized spacial score (nSPS) is 16.8. The van der Waals surface area contributed by atoms with Crippen molar-refractivity contribution in [2.45, 2.75) is 43.5 Å². The molecule has 24 heavy (non-hydrogen) atoms. The van der Waals surface area contributed by atoms with Gasteiger partial charge in [-0.2, -0.15) is 4.31 Å². The van der Waals surface area contributed by atoms with Gasteiger partial charge in [0.25, 0.3) is 0 Å². The number of carbonyl (C=O) groups excluding carboxylic acids is 1. The molecule has 0 spiro atoms. The van der Waals surface area contributed by atoms with Crippen LogP contribution in [0.25, 0.3) is 0 Å². The lowest BCUT2D eigenvalue weighted by atomic mass is 10.2. The van der Waals surface area contributed by atoms with Gasteiger partial charge in [-0.1, -0.05) is 0 Å². The molecular weight excluding hydrogens is 330 g/mol. The summed E-state index contributed by atoms with van der Waals surface area (Å²) in [4.78, 5) is 12.0. The maximum absolute atomic E-state index is 12.7. The van der Waals surface area contributed by atoms with Crippen LogP contribution in [0.1, 0.15) is 32.6 Å². The minimum Gasteiger partial charge on any atom is -0.495 e. The molecule has 0 bridgehead atoms. The van der Waals surface area contributed by atoms with Crippen LogP contribution in [0.3, 0.4) is 0 Å². The van der Waals surface area contributed by atoms with Gasteiger partial charge >= 0.3 is 0 Å². The van der Waals surface area contributed by atoms with E-state index in [0.29, 0.717) is 31.6 Å². The average Bonchev–Trinajstić information content (AvgIpc) is 3.08. The Morgan fingerprint density at radius 2 is 2.04 bits per heavy atom. The van der Waals surface area contributed by atoms with E-state index in [0.717, 1.165) is 12.8 Å². The van der Waals surface area contributed by atoms with Gasteiger partial charge < -0.3 is 15.8 Å². The zero-order chi connectivity index (χ0) is 17.7. The highest BCUT2D eigenvalue weighted by molar-refractivity contribution is 7.89. The predicted octanol–water partition coefficient (Wildman–Crippen LogP) is 1.55. The van der Waals surface area contributed by atoms with E-state index < -0.39 is 10.0 Å². The fraction of sp³-hybridized carbons (Fsp3) is 0.562. The van der Waals surface area contributed by atoms with Crippen LogP contribution >= 0.6 is 0 Å². The van der Waals surface area contributed by atoms with Crippen molar-refractivity contribution in [3.63, 3.8) is 0 Å². The van der Waals surface area contributed by atoms with Gasteiger partial charge in [-0.15, -0.1) is 0 Å². The second-order valence-electron chi connectivity index (χ2n) is 6.04. The summed E-state index contributed by atoms with van der Waals surface area (Å²) in [7, 11) is -2.15. The number of anilines is 1. The predicted molar refractivity (Wildman–Crippen MR) is 92.5 cm³/mol. The van der Waals surface area contributed by atoms with E-state index in [2.05, 4.69) is 5.32 Å². The summed E-state index contributed by atoms with van der Waals surface area (Å²) in [5, 5.41) is 2.74. The van der Waals surface area contributed by atoms with Gasteiger partial charge in [0.15, 0.2) is 0 Å². The Balaban J connectivity index is 2.17. The number of nitrogens with two attached hydrogens (primary N) is 1. The van der Waals surface area contributed by atoms with Crippen molar-refractivity contribution in [3.05, 3.63) is 18.2 Å². The molecule has 1 fully saturated rings. The summed E-state index contributed by atoms with van der Waals surface area (Å²) >= 11 is 0. The summed E-state index contributed by atoms with van der Waals surface area (Å²) in [6.45, 7) is 2.90. The molecule has 7 nitrogen and oxygen atoms in total. The third-order valence-corrected chi connectivity index (χ3v) is 5.90. The maximum atomic E-state index is 12.7. The smallest absolute Gasteiger partial charge is 0.246 e. The third kappa shape index (κ3) is 4.46. The fourth-order valence-electron chi connectivity index (χ4n) is 2.61. The molecule has 1 aliphatic rings. The first-order valence-electron chi connectivity index (χ1n) is 8.08. The van der Waals surface area contributed by atoms with Crippen molar-refractivity contribution < 1.29 is 17.9 Å². The third-order valence-electron chi connectivity index (χ3n) is 3.96. The molecule has 1 amide bonds. The van der Waals surface area contributed by atoms with Crippen molar-refractivity contribution in [1.82, 2.24) is 4.31 Å². The number of hydrogen-bond acceptors (Lipinski definition) is 5. The molecule has 3 N–H and O–H groups in total. The minimum atomic E-state index is -3.57. The molecule has 1 aromatic rings. The fourth-order valence-corrected chi connectivity index (χ4v) is 4.26. The van der Waals surface area contributed by atoms with Gasteiger partial charge in [0, 0.05) is 37.3 Å². The first-order valence-corrected chi connectivity index (χ1v) is 9.52. The van der Waals surface area contributed by atoms with Gasteiger partial charge in [-0.05, 0) is 38.3 Å². The number of hydrogen-bond donors (Lipinski definition) is 2. The van der Waals surface area contributed by atoms with Crippen LogP contribution in [-0.2, 0) is 14.8 Å². The molecule has 1 aliphatic heterocycles. The van der Waals surface area contributed by atoms with Gasteiger partial charge in [-0.3, -0.25) is 4.79 Å². The standard InChI is InChI=1S/C16H25N3O4S/c1-12(17)5-8-16(20)18-13-6-7-15(14(11-13)23-2)24(21,22)19-9-3-4-10-19/h6-7,11-12H,3-5,8-10,17H2,1-2H3,(H,18,20). The Morgan fingerprint density at radius 3 is 2.62 bits per heavy atom. The lowest BCUT2D eigenvalue weighted by molar-refractivity contribution is -0.116. The Labute approximate surface area is 143 Å². The van der Waals surface area contributed by atoms with Crippen molar-refractivity contribution >= 4 is 21.6 Å². The number of amides is 1. The lowest BCUT2D eigenvalue weighted by Gasteiger charge is -2.18. The highest BCUT2D eigenvalue weighted by atomic mass is 32.2. The molecule has 8 heteroatoms. The van der Waals surface area contributed by atoms with Crippen LogP contribution in [0, 0.1) is 0 Å². The monoisotopic (exact) mass is 355 g/mol. The van der Waals surface area contributed by atoms with E-state index in [1.165, 1.54) is 23.5 Å². The molecular formula is C16H25N3O4S. The van der Waals surface area contributed by atoms with Crippen molar-refractivity contribution in [2.24, 2.45) is 5.73 Å². The lowest BCUT2D eigenvalue weighted by Crippen LogP contribution is -2.28. The highest BCUT2D eigenvalue weighted by Gasteiger charge is 2.30. The SMILES string of the molecule is COc1cc(NC(=O)CCC(C)N)ccc1S(=O)(=O)N1CCCC1. The molecule has 1 atom stereocenters. The van der Waals surface area contributed by atoms with Gasteiger partial charge in [0.2, 0.25) is 15.9 Å². The molecule has 0 aromatic heterocycles. The van der Waals surface area contributed by atoms with Crippen molar-refractivity contribution in [2.75, 3.05) is 25.5 Å². The number of sulfonamides is 1. The first kappa shape index (κ1) is 18.7. The molecule has 0 saturated carbocycles. The molecule has 0 radical (unpaired) electrons. The number of nitrogens with zero attached hydrogens (tertiary/aromatic N) is 1. The van der Waals surface area contributed by atoms with E-state index >= 15 is 0 Å². The van der Waals surface area contributed by atoms with Crippen LogP contribution in [0.4, 0.5) is 5.69 Å². The van der Waals surface area contributed by atoms with E-state index in [1.807, 2.05) is 6.92 Å². The largest absolute Gasteiger partial charge is 0.495 e. The Kier molecular flexibility index (Phi) is 6.20. The summed E-state index contributed by atoms with van der Waals surface area (Å²) in [6.07, 6.45) is 2.64. The molecule has 1 saturated heterocycles. The molecule has 2 rings (SSSR count). The maximum Gasteiger partial charge on any atom is 0.246 e. The van der Waals surface area contributed by atoms with Gasteiger partial charge in [-0.25, -0.2) is 8.42 Å². The zero-order valence-electron chi connectivity index (χ0n) is 14.1. The summed E-state index contributed by atoms with van der Waals surface area (Å²) in [6, 6.07) is 4.55. The first-order chi connectivity index (χ1) is 11.3. The quantitative estimate of drug-likeness (QED) is 0.772. The minimum absolute atomic E-state index is 0.0433. The number of carbonyl (C=O) groups is 1. The topological polar surface area (TPSA) is 102 Å². The van der Waals surface area contributed by atoms with Crippen molar-refractivity contribution in [1.29, 1.82) is 0 Å². The Morgan fingerprint density at radius 1 is 1.38 bits per heavy atom. The number of benzene rings is 1. The van der Waals surface area contributed by atoms with Crippen LogP contribution in [-0.4, -0.2) is 44.9 Å². The zero-order valence-corrected chi connectivity index (χ0v) is 14.9. The molecule has 1 unspecified atom stereocenters. The summed E-state index contributed by atoms with van der Waals surface area (Å²) in [5.41, 5.74) is 6.14. The molecule has 0 aliphatic carbocycles. The second-order valence-corrected chi connectivity index (χ2v) is 7.95. The van der Waals surface area contributed by atoms with Gasteiger partial charge in [0.05, 0.1) is 7.11 Å². The second kappa shape index (κ2) is 7.96. The van der Waals surface area contributed by atoms with E-state index in [-0.39, 0.29) is 22.6 Å². The summed E-state index contributed by atoms with van der Waals surface area (Å²) in [5.74, 6) is 0.0661. The summed E-state index contributed by atoms with van der Waals surface area (Å²) < 4.78 is 32.0. The Bertz CT molecular complexity index is 683. The van der Waals surface area contributed by atoms with E-state index in [9.17, 15) is 13.2 Å². The van der Waals surface area contributed by atoms with Gasteiger partial charge in [0.1, 0.15) is 10.6 Å². The van der Waals surface area contributed by atoms with E-state index in [1.54, 1.807) is 6.07 Å².